The maximum Gasteiger partial charge on any atom is 0.200 e. The Bertz CT molecular complexity index is 445. The van der Waals surface area contributed by atoms with E-state index in [1.54, 1.807) is 6.92 Å². The number of halogens is 2. The highest BCUT2D eigenvalue weighted by Crippen LogP contribution is 2.20. The van der Waals surface area contributed by atoms with Gasteiger partial charge in [0.2, 0.25) is 5.82 Å². The third-order valence-electron chi connectivity index (χ3n) is 2.59. The molecule has 0 bridgehead atoms. The Kier molecular flexibility index (Phi) is 5.05. The quantitative estimate of drug-likeness (QED) is 0.848. The van der Waals surface area contributed by atoms with Crippen LogP contribution in [-0.2, 0) is 0 Å². The molecule has 0 aliphatic rings. The Labute approximate surface area is 105 Å². The summed E-state index contributed by atoms with van der Waals surface area (Å²) in [5.41, 5.74) is -0.724. The molecule has 0 aliphatic heterocycles. The van der Waals surface area contributed by atoms with Gasteiger partial charge in [0.25, 0.3) is 0 Å². The fraction of sp³-hybridized carbons (Fsp3) is 0.462. The van der Waals surface area contributed by atoms with E-state index in [0.717, 1.165) is 6.07 Å². The second-order valence-electron chi connectivity index (χ2n) is 4.12. The molecular formula is C13H16F2N2O. The molecule has 0 spiro atoms. The molecule has 0 aliphatic carbocycles. The van der Waals surface area contributed by atoms with E-state index in [0.29, 0.717) is 13.0 Å². The Morgan fingerprint density at radius 3 is 2.78 bits per heavy atom. The largest absolute Gasteiger partial charge is 0.490 e. The maximum atomic E-state index is 13.3. The van der Waals surface area contributed by atoms with Crippen molar-refractivity contribution in [1.82, 2.24) is 5.32 Å². The third-order valence-corrected chi connectivity index (χ3v) is 2.59. The van der Waals surface area contributed by atoms with Crippen LogP contribution in [0.15, 0.2) is 18.2 Å². The van der Waals surface area contributed by atoms with Crippen LogP contribution in [0.5, 0.6) is 5.75 Å². The standard InChI is InChI=1S/C13H16F2N2O/c1-3-17-13(2,9-16)7-8-18-11-6-4-5-10(14)12(11)15/h4-6,17H,3,7-8H2,1-2H3. The Morgan fingerprint density at radius 2 is 2.17 bits per heavy atom. The normalized spacial score (nSPS) is 13.7. The van der Waals surface area contributed by atoms with Crippen molar-refractivity contribution in [2.45, 2.75) is 25.8 Å². The van der Waals surface area contributed by atoms with Gasteiger partial charge in [-0.3, -0.25) is 5.32 Å². The summed E-state index contributed by atoms with van der Waals surface area (Å²) < 4.78 is 31.3. The fourth-order valence-corrected chi connectivity index (χ4v) is 1.53. The number of nitrogens with zero attached hydrogens (tertiary/aromatic N) is 1. The van der Waals surface area contributed by atoms with Gasteiger partial charge < -0.3 is 4.74 Å². The predicted molar refractivity (Wildman–Crippen MR) is 64.2 cm³/mol. The number of hydrogen-bond donors (Lipinski definition) is 1. The molecule has 0 amide bonds. The molecule has 1 N–H and O–H groups in total. The van der Waals surface area contributed by atoms with Gasteiger partial charge in [-0.15, -0.1) is 0 Å². The van der Waals surface area contributed by atoms with Crippen LogP contribution < -0.4 is 10.1 Å². The summed E-state index contributed by atoms with van der Waals surface area (Å²) in [6.07, 6.45) is 0.382. The first-order valence-electron chi connectivity index (χ1n) is 5.75. The second kappa shape index (κ2) is 6.31. The van der Waals surface area contributed by atoms with Gasteiger partial charge >= 0.3 is 0 Å². The van der Waals surface area contributed by atoms with E-state index < -0.39 is 17.2 Å². The van der Waals surface area contributed by atoms with Crippen molar-refractivity contribution in [3.63, 3.8) is 0 Å². The molecule has 0 fully saturated rings. The molecule has 0 saturated carbocycles. The number of rotatable bonds is 6. The first-order chi connectivity index (χ1) is 8.52. The summed E-state index contributed by atoms with van der Waals surface area (Å²) in [6.45, 7) is 4.42. The number of benzene rings is 1. The van der Waals surface area contributed by atoms with Gasteiger partial charge in [-0.25, -0.2) is 4.39 Å². The zero-order chi connectivity index (χ0) is 13.6. The second-order valence-corrected chi connectivity index (χ2v) is 4.12. The van der Waals surface area contributed by atoms with Crippen LogP contribution in [0.3, 0.4) is 0 Å². The van der Waals surface area contributed by atoms with Gasteiger partial charge in [-0.1, -0.05) is 13.0 Å². The minimum absolute atomic E-state index is 0.133. The minimum Gasteiger partial charge on any atom is -0.490 e. The molecule has 0 aromatic heterocycles. The molecule has 1 atom stereocenters. The Balaban J connectivity index is 2.56. The lowest BCUT2D eigenvalue weighted by atomic mass is 10.0. The van der Waals surface area contributed by atoms with E-state index >= 15 is 0 Å². The molecule has 5 heteroatoms. The highest BCUT2D eigenvalue weighted by atomic mass is 19.2. The summed E-state index contributed by atoms with van der Waals surface area (Å²) in [5.74, 6) is -2.08. The summed E-state index contributed by atoms with van der Waals surface area (Å²) in [7, 11) is 0. The van der Waals surface area contributed by atoms with Crippen molar-refractivity contribution in [3.8, 4) is 11.8 Å². The molecule has 1 unspecified atom stereocenters. The van der Waals surface area contributed by atoms with Gasteiger partial charge in [-0.05, 0) is 25.6 Å². The van der Waals surface area contributed by atoms with Gasteiger partial charge in [0, 0.05) is 6.42 Å². The highest BCUT2D eigenvalue weighted by molar-refractivity contribution is 5.25. The molecule has 1 aromatic carbocycles. The summed E-state index contributed by atoms with van der Waals surface area (Å²) >= 11 is 0. The van der Waals surface area contributed by atoms with Crippen LogP contribution in [0.2, 0.25) is 0 Å². The van der Waals surface area contributed by atoms with Gasteiger partial charge in [0.05, 0.1) is 12.7 Å². The van der Waals surface area contributed by atoms with Gasteiger partial charge in [-0.2, -0.15) is 9.65 Å². The maximum absolute atomic E-state index is 13.3. The lowest BCUT2D eigenvalue weighted by Gasteiger charge is -2.22. The van der Waals surface area contributed by atoms with Crippen LogP contribution in [0.1, 0.15) is 20.3 Å². The van der Waals surface area contributed by atoms with E-state index in [2.05, 4.69) is 11.4 Å². The SMILES string of the molecule is CCNC(C)(C#N)CCOc1cccc(F)c1F. The first kappa shape index (κ1) is 14.4. The van der Waals surface area contributed by atoms with E-state index in [1.165, 1.54) is 12.1 Å². The van der Waals surface area contributed by atoms with Crippen molar-refractivity contribution >= 4 is 0 Å². The number of ether oxygens (including phenoxy) is 1. The topological polar surface area (TPSA) is 45.0 Å². The van der Waals surface area contributed by atoms with E-state index in [9.17, 15) is 8.78 Å². The summed E-state index contributed by atoms with van der Waals surface area (Å²) in [6, 6.07) is 5.89. The minimum atomic E-state index is -1.00. The van der Waals surface area contributed by atoms with Gasteiger partial charge in [0.1, 0.15) is 5.54 Å². The van der Waals surface area contributed by atoms with Crippen molar-refractivity contribution in [3.05, 3.63) is 29.8 Å². The fourth-order valence-electron chi connectivity index (χ4n) is 1.53. The van der Waals surface area contributed by atoms with Crippen LogP contribution in [-0.4, -0.2) is 18.7 Å². The van der Waals surface area contributed by atoms with E-state index in [-0.39, 0.29) is 12.4 Å². The summed E-state index contributed by atoms with van der Waals surface area (Å²) in [4.78, 5) is 0. The molecule has 0 saturated heterocycles. The molecular weight excluding hydrogens is 238 g/mol. The molecule has 18 heavy (non-hydrogen) atoms. The lowest BCUT2D eigenvalue weighted by molar-refractivity contribution is 0.255. The van der Waals surface area contributed by atoms with Crippen molar-refractivity contribution in [2.24, 2.45) is 0 Å². The van der Waals surface area contributed by atoms with Crippen LogP contribution in [0.25, 0.3) is 0 Å². The zero-order valence-electron chi connectivity index (χ0n) is 10.5. The average molecular weight is 254 g/mol. The van der Waals surface area contributed by atoms with Gasteiger partial charge in [0.15, 0.2) is 11.6 Å². The Hall–Kier alpha value is -1.67. The number of hydrogen-bond acceptors (Lipinski definition) is 3. The van der Waals surface area contributed by atoms with Crippen LogP contribution in [0, 0.1) is 23.0 Å². The molecule has 0 radical (unpaired) electrons. The van der Waals surface area contributed by atoms with Crippen LogP contribution in [0.4, 0.5) is 8.78 Å². The monoisotopic (exact) mass is 254 g/mol. The average Bonchev–Trinajstić information content (AvgIpc) is 2.35. The number of nitriles is 1. The van der Waals surface area contributed by atoms with Crippen molar-refractivity contribution in [1.29, 1.82) is 5.26 Å². The molecule has 98 valence electrons. The predicted octanol–water partition coefficient (Wildman–Crippen LogP) is 2.63. The summed E-state index contributed by atoms with van der Waals surface area (Å²) in [5, 5.41) is 12.0. The first-order valence-corrected chi connectivity index (χ1v) is 5.75. The van der Waals surface area contributed by atoms with Crippen molar-refractivity contribution < 1.29 is 13.5 Å². The lowest BCUT2D eigenvalue weighted by Crippen LogP contribution is -2.42. The highest BCUT2D eigenvalue weighted by Gasteiger charge is 2.22. The van der Waals surface area contributed by atoms with Crippen molar-refractivity contribution in [2.75, 3.05) is 13.2 Å². The molecule has 1 rings (SSSR count). The smallest absolute Gasteiger partial charge is 0.200 e. The van der Waals surface area contributed by atoms with Crippen LogP contribution >= 0.6 is 0 Å². The Morgan fingerprint density at radius 1 is 1.44 bits per heavy atom. The molecule has 0 heterocycles. The number of nitrogens with one attached hydrogen (secondary N) is 1. The molecule has 3 nitrogen and oxygen atoms in total. The molecule has 1 aromatic rings. The van der Waals surface area contributed by atoms with E-state index in [4.69, 9.17) is 10.00 Å². The van der Waals surface area contributed by atoms with E-state index in [1.807, 2.05) is 6.92 Å². The zero-order valence-corrected chi connectivity index (χ0v) is 10.5. The third kappa shape index (κ3) is 3.67.